The maximum Gasteiger partial charge on any atom is 0.123 e. The number of ether oxygens (including phenoxy) is 2. The van der Waals surface area contributed by atoms with Crippen LogP contribution in [0.1, 0.15) is 25.3 Å². The molecule has 1 heterocycles. The minimum Gasteiger partial charge on any atom is -0.491 e. The van der Waals surface area contributed by atoms with Crippen molar-refractivity contribution in [3.8, 4) is 5.75 Å². The Morgan fingerprint density at radius 1 is 1.47 bits per heavy atom. The topological polar surface area (TPSA) is 44.5 Å². The van der Waals surface area contributed by atoms with Crippen LogP contribution in [0.4, 0.5) is 0 Å². The maximum atomic E-state index is 5.79. The summed E-state index contributed by atoms with van der Waals surface area (Å²) >= 11 is 3.43. The summed E-state index contributed by atoms with van der Waals surface area (Å²) in [4.78, 5) is 0. The Morgan fingerprint density at radius 2 is 2.29 bits per heavy atom. The first-order valence-electron chi connectivity index (χ1n) is 5.96. The molecule has 2 N–H and O–H groups in total. The van der Waals surface area contributed by atoms with Gasteiger partial charge >= 0.3 is 0 Å². The molecule has 0 aliphatic carbocycles. The Hall–Kier alpha value is -0.580. The zero-order valence-corrected chi connectivity index (χ0v) is 11.6. The molecule has 1 aliphatic heterocycles. The summed E-state index contributed by atoms with van der Waals surface area (Å²) < 4.78 is 12.5. The van der Waals surface area contributed by atoms with Gasteiger partial charge in [0.15, 0.2) is 0 Å². The second-order valence-corrected chi connectivity index (χ2v) is 5.33. The van der Waals surface area contributed by atoms with Crippen molar-refractivity contribution in [2.45, 2.75) is 38.5 Å². The van der Waals surface area contributed by atoms with Gasteiger partial charge in [0.05, 0.1) is 12.2 Å². The number of halogens is 1. The van der Waals surface area contributed by atoms with Gasteiger partial charge in [0.1, 0.15) is 12.4 Å². The molecule has 0 spiro atoms. The van der Waals surface area contributed by atoms with E-state index in [-0.39, 0.29) is 6.10 Å². The van der Waals surface area contributed by atoms with Crippen LogP contribution < -0.4 is 10.5 Å². The Bertz CT molecular complexity index is 384. The number of benzene rings is 1. The lowest BCUT2D eigenvalue weighted by Gasteiger charge is -2.15. The van der Waals surface area contributed by atoms with Gasteiger partial charge in [-0.15, -0.1) is 0 Å². The minimum atomic E-state index is 0.222. The third-order valence-electron chi connectivity index (χ3n) is 2.99. The highest BCUT2D eigenvalue weighted by molar-refractivity contribution is 9.10. The highest BCUT2D eigenvalue weighted by Crippen LogP contribution is 2.25. The Kier molecular flexibility index (Phi) is 4.42. The van der Waals surface area contributed by atoms with Crippen molar-refractivity contribution < 1.29 is 9.47 Å². The fourth-order valence-corrected chi connectivity index (χ4v) is 2.45. The van der Waals surface area contributed by atoms with Crippen molar-refractivity contribution >= 4 is 15.9 Å². The second-order valence-electron chi connectivity index (χ2n) is 4.41. The van der Waals surface area contributed by atoms with Crippen LogP contribution in [-0.2, 0) is 11.3 Å². The van der Waals surface area contributed by atoms with Gasteiger partial charge in [0.2, 0.25) is 0 Å². The molecule has 3 nitrogen and oxygen atoms in total. The lowest BCUT2D eigenvalue weighted by molar-refractivity contribution is 0.0262. The van der Waals surface area contributed by atoms with E-state index in [9.17, 15) is 0 Å². The van der Waals surface area contributed by atoms with Crippen molar-refractivity contribution in [1.82, 2.24) is 0 Å². The smallest absolute Gasteiger partial charge is 0.123 e. The SMILES string of the molecule is CC1CCC(COc2ccc(Br)cc2CN)O1. The van der Waals surface area contributed by atoms with Crippen LogP contribution in [0.5, 0.6) is 5.75 Å². The van der Waals surface area contributed by atoms with Crippen LogP contribution >= 0.6 is 15.9 Å². The van der Waals surface area contributed by atoms with Crippen molar-refractivity contribution in [2.75, 3.05) is 6.61 Å². The van der Waals surface area contributed by atoms with Crippen molar-refractivity contribution in [3.05, 3.63) is 28.2 Å². The Morgan fingerprint density at radius 3 is 2.94 bits per heavy atom. The maximum absolute atomic E-state index is 5.79. The normalized spacial score (nSPS) is 23.9. The van der Waals surface area contributed by atoms with Gasteiger partial charge in [-0.25, -0.2) is 0 Å². The predicted molar refractivity (Wildman–Crippen MR) is 71.1 cm³/mol. The van der Waals surface area contributed by atoms with Gasteiger partial charge in [-0.3, -0.25) is 0 Å². The number of hydrogen-bond acceptors (Lipinski definition) is 3. The highest BCUT2D eigenvalue weighted by Gasteiger charge is 2.22. The Balaban J connectivity index is 1.94. The molecule has 2 rings (SSSR count). The first kappa shape index (κ1) is 12.9. The van der Waals surface area contributed by atoms with Crippen LogP contribution in [0, 0.1) is 0 Å². The molecule has 0 amide bonds. The molecular weight excluding hydrogens is 282 g/mol. The lowest BCUT2D eigenvalue weighted by atomic mass is 10.2. The van der Waals surface area contributed by atoms with Crippen molar-refractivity contribution in [2.24, 2.45) is 5.73 Å². The molecule has 94 valence electrons. The summed E-state index contributed by atoms with van der Waals surface area (Å²) in [7, 11) is 0. The zero-order valence-electron chi connectivity index (χ0n) is 9.99. The summed E-state index contributed by atoms with van der Waals surface area (Å²) in [6, 6.07) is 5.91. The molecule has 0 aromatic heterocycles. The predicted octanol–water partition coefficient (Wildman–Crippen LogP) is 2.85. The van der Waals surface area contributed by atoms with E-state index in [2.05, 4.69) is 22.9 Å². The zero-order chi connectivity index (χ0) is 12.3. The minimum absolute atomic E-state index is 0.222. The van der Waals surface area contributed by atoms with E-state index < -0.39 is 0 Å². The van der Waals surface area contributed by atoms with Crippen LogP contribution in [-0.4, -0.2) is 18.8 Å². The fraction of sp³-hybridized carbons (Fsp3) is 0.538. The fourth-order valence-electron chi connectivity index (χ4n) is 2.04. The van der Waals surface area contributed by atoms with Crippen LogP contribution in [0.25, 0.3) is 0 Å². The van der Waals surface area contributed by atoms with Gasteiger partial charge in [0, 0.05) is 16.6 Å². The summed E-state index contributed by atoms with van der Waals surface area (Å²) in [5.74, 6) is 0.860. The van der Waals surface area contributed by atoms with E-state index in [0.29, 0.717) is 19.3 Å². The van der Waals surface area contributed by atoms with Crippen molar-refractivity contribution in [1.29, 1.82) is 0 Å². The lowest BCUT2D eigenvalue weighted by Crippen LogP contribution is -2.18. The summed E-state index contributed by atoms with van der Waals surface area (Å²) in [5.41, 5.74) is 6.71. The molecule has 2 unspecified atom stereocenters. The Labute approximate surface area is 110 Å². The first-order valence-corrected chi connectivity index (χ1v) is 6.75. The van der Waals surface area contributed by atoms with Crippen LogP contribution in [0.2, 0.25) is 0 Å². The number of rotatable bonds is 4. The number of hydrogen-bond donors (Lipinski definition) is 1. The van der Waals surface area contributed by atoms with E-state index in [1.807, 2.05) is 18.2 Å². The molecule has 0 radical (unpaired) electrons. The quantitative estimate of drug-likeness (QED) is 0.930. The average Bonchev–Trinajstić information content (AvgIpc) is 2.73. The monoisotopic (exact) mass is 299 g/mol. The molecule has 1 aromatic rings. The summed E-state index contributed by atoms with van der Waals surface area (Å²) in [5, 5.41) is 0. The first-order chi connectivity index (χ1) is 8.19. The molecule has 2 atom stereocenters. The molecule has 0 bridgehead atoms. The van der Waals surface area contributed by atoms with E-state index in [1.165, 1.54) is 0 Å². The van der Waals surface area contributed by atoms with Crippen molar-refractivity contribution in [3.63, 3.8) is 0 Å². The summed E-state index contributed by atoms with van der Waals surface area (Å²) in [6.45, 7) is 3.20. The van der Waals surface area contributed by atoms with Gasteiger partial charge in [0.25, 0.3) is 0 Å². The van der Waals surface area contributed by atoms with Gasteiger partial charge in [-0.1, -0.05) is 15.9 Å². The van der Waals surface area contributed by atoms with Gasteiger partial charge < -0.3 is 15.2 Å². The van der Waals surface area contributed by atoms with Gasteiger partial charge in [-0.05, 0) is 38.0 Å². The number of nitrogens with two attached hydrogens (primary N) is 1. The molecule has 4 heteroatoms. The largest absolute Gasteiger partial charge is 0.491 e. The molecule has 1 saturated heterocycles. The second kappa shape index (κ2) is 5.85. The third kappa shape index (κ3) is 3.44. The molecule has 0 saturated carbocycles. The van der Waals surface area contributed by atoms with Gasteiger partial charge in [-0.2, -0.15) is 0 Å². The molecule has 1 aromatic carbocycles. The average molecular weight is 300 g/mol. The van der Waals surface area contributed by atoms with E-state index in [0.717, 1.165) is 28.6 Å². The summed E-state index contributed by atoms with van der Waals surface area (Å²) in [6.07, 6.45) is 2.79. The van der Waals surface area contributed by atoms with E-state index in [1.54, 1.807) is 0 Å². The standard InChI is InChI=1S/C13H18BrNO2/c1-9-2-4-12(17-9)8-16-13-5-3-11(14)6-10(13)7-15/h3,5-6,9,12H,2,4,7-8,15H2,1H3. The molecule has 1 aliphatic rings. The van der Waals surface area contributed by atoms with E-state index in [4.69, 9.17) is 15.2 Å². The molecule has 17 heavy (non-hydrogen) atoms. The highest BCUT2D eigenvalue weighted by atomic mass is 79.9. The van der Waals surface area contributed by atoms with E-state index >= 15 is 0 Å². The van der Waals surface area contributed by atoms with Crippen LogP contribution in [0.3, 0.4) is 0 Å². The molecular formula is C13H18BrNO2. The third-order valence-corrected chi connectivity index (χ3v) is 3.48. The molecule has 1 fully saturated rings. The van der Waals surface area contributed by atoms with Crippen LogP contribution in [0.15, 0.2) is 22.7 Å².